The van der Waals surface area contributed by atoms with Crippen molar-refractivity contribution in [3.8, 4) is 0 Å². The molecule has 102 valence electrons. The van der Waals surface area contributed by atoms with E-state index in [-0.39, 0.29) is 18.4 Å². The summed E-state index contributed by atoms with van der Waals surface area (Å²) in [4.78, 5) is 22.6. The third-order valence-electron chi connectivity index (χ3n) is 3.44. The monoisotopic (exact) mass is 263 g/mol. The molecule has 1 aliphatic rings. The number of nitrogens with one attached hydrogen (secondary N) is 1. The van der Waals surface area contributed by atoms with Gasteiger partial charge in [0.15, 0.2) is 6.10 Å². The highest BCUT2D eigenvalue weighted by molar-refractivity contribution is 5.85. The van der Waals surface area contributed by atoms with Crippen LogP contribution in [-0.2, 0) is 16.0 Å². The second-order valence-electron chi connectivity index (χ2n) is 4.74. The van der Waals surface area contributed by atoms with Gasteiger partial charge in [0.2, 0.25) is 5.91 Å². The molecule has 3 N–H and O–H groups in total. The first-order chi connectivity index (χ1) is 9.09. The molecule has 5 heteroatoms. The van der Waals surface area contributed by atoms with Gasteiger partial charge in [-0.1, -0.05) is 24.3 Å². The molecular weight excluding hydrogens is 246 g/mol. The lowest BCUT2D eigenvalue weighted by Crippen LogP contribution is -2.39. The maximum atomic E-state index is 12.1. The van der Waals surface area contributed by atoms with Crippen LogP contribution < -0.4 is 5.32 Å². The standard InChI is InChI=1S/C14H17NO4/c16-12(14(18)19)8-15-13(17)11-7-3-5-9-4-1-2-6-10(9)11/h1-2,4,6,11-12,16H,3,5,7-8H2,(H,15,17)(H,18,19)/t11?,12-/m0/s1. The number of aliphatic carboxylic acids is 1. The van der Waals surface area contributed by atoms with Crippen LogP contribution in [-0.4, -0.2) is 34.7 Å². The van der Waals surface area contributed by atoms with Crippen molar-refractivity contribution in [2.24, 2.45) is 0 Å². The van der Waals surface area contributed by atoms with Gasteiger partial charge in [-0.2, -0.15) is 0 Å². The molecule has 0 aromatic heterocycles. The zero-order valence-electron chi connectivity index (χ0n) is 10.5. The van der Waals surface area contributed by atoms with E-state index in [1.165, 1.54) is 5.56 Å². The fourth-order valence-corrected chi connectivity index (χ4v) is 2.43. The van der Waals surface area contributed by atoms with E-state index >= 15 is 0 Å². The summed E-state index contributed by atoms with van der Waals surface area (Å²) < 4.78 is 0. The molecule has 5 nitrogen and oxygen atoms in total. The average Bonchev–Trinajstić information content (AvgIpc) is 2.43. The summed E-state index contributed by atoms with van der Waals surface area (Å²) in [7, 11) is 0. The van der Waals surface area contributed by atoms with E-state index in [1.807, 2.05) is 24.3 Å². The number of fused-ring (bicyclic) bond motifs is 1. The number of hydrogen-bond acceptors (Lipinski definition) is 3. The topological polar surface area (TPSA) is 86.6 Å². The highest BCUT2D eigenvalue weighted by Gasteiger charge is 2.26. The molecule has 0 saturated heterocycles. The van der Waals surface area contributed by atoms with Gasteiger partial charge < -0.3 is 15.5 Å². The second-order valence-corrected chi connectivity index (χ2v) is 4.74. The Kier molecular flexibility index (Phi) is 4.16. The molecule has 19 heavy (non-hydrogen) atoms. The summed E-state index contributed by atoms with van der Waals surface area (Å²) in [5, 5.41) is 20.2. The van der Waals surface area contributed by atoms with Crippen LogP contribution >= 0.6 is 0 Å². The molecule has 2 atom stereocenters. The number of carbonyl (C=O) groups is 2. The number of aliphatic hydroxyl groups excluding tert-OH is 1. The van der Waals surface area contributed by atoms with E-state index in [4.69, 9.17) is 10.2 Å². The minimum atomic E-state index is -1.55. The van der Waals surface area contributed by atoms with E-state index in [1.54, 1.807) is 0 Å². The zero-order valence-corrected chi connectivity index (χ0v) is 10.5. The fourth-order valence-electron chi connectivity index (χ4n) is 2.43. The molecule has 0 fully saturated rings. The van der Waals surface area contributed by atoms with Crippen molar-refractivity contribution in [3.05, 3.63) is 35.4 Å². The molecule has 1 aromatic carbocycles. The first-order valence-electron chi connectivity index (χ1n) is 6.36. The number of carbonyl (C=O) groups excluding carboxylic acids is 1. The lowest BCUT2D eigenvalue weighted by Gasteiger charge is -2.24. The molecule has 1 amide bonds. The van der Waals surface area contributed by atoms with E-state index in [0.717, 1.165) is 24.8 Å². The van der Waals surface area contributed by atoms with Crippen LogP contribution in [0.1, 0.15) is 29.9 Å². The number of aliphatic hydroxyl groups is 1. The van der Waals surface area contributed by atoms with E-state index in [2.05, 4.69) is 5.32 Å². The summed E-state index contributed by atoms with van der Waals surface area (Å²) in [6.07, 6.45) is 1.11. The van der Waals surface area contributed by atoms with Crippen LogP contribution in [0.5, 0.6) is 0 Å². The van der Waals surface area contributed by atoms with Crippen LogP contribution in [0.25, 0.3) is 0 Å². The molecule has 1 aromatic rings. The van der Waals surface area contributed by atoms with Crippen molar-refractivity contribution >= 4 is 11.9 Å². The number of carboxylic acid groups (broad SMARTS) is 1. The SMILES string of the molecule is O=C(NC[C@H](O)C(=O)O)C1CCCc2ccccc21. The lowest BCUT2D eigenvalue weighted by atomic mass is 9.82. The Labute approximate surface area is 111 Å². The molecule has 0 saturated carbocycles. The highest BCUT2D eigenvalue weighted by atomic mass is 16.4. The van der Waals surface area contributed by atoms with E-state index in [0.29, 0.717) is 0 Å². The minimum Gasteiger partial charge on any atom is -0.479 e. The molecular formula is C14H17NO4. The van der Waals surface area contributed by atoms with Gasteiger partial charge in [-0.3, -0.25) is 4.79 Å². The fraction of sp³-hybridized carbons (Fsp3) is 0.429. The third kappa shape index (κ3) is 3.12. The molecule has 1 aliphatic carbocycles. The number of benzene rings is 1. The second kappa shape index (κ2) is 5.84. The molecule has 0 radical (unpaired) electrons. The van der Waals surface area contributed by atoms with Gasteiger partial charge in [0, 0.05) is 0 Å². The van der Waals surface area contributed by atoms with Crippen LogP contribution in [0.15, 0.2) is 24.3 Å². The number of aryl methyl sites for hydroxylation is 1. The summed E-state index contributed by atoms with van der Waals surface area (Å²) >= 11 is 0. The smallest absolute Gasteiger partial charge is 0.334 e. The largest absolute Gasteiger partial charge is 0.479 e. The number of amides is 1. The van der Waals surface area contributed by atoms with E-state index < -0.39 is 12.1 Å². The van der Waals surface area contributed by atoms with Gasteiger partial charge in [0.25, 0.3) is 0 Å². The van der Waals surface area contributed by atoms with Gasteiger partial charge in [-0.05, 0) is 30.4 Å². The Morgan fingerprint density at radius 3 is 2.84 bits per heavy atom. The lowest BCUT2D eigenvalue weighted by molar-refractivity contribution is -0.146. The Morgan fingerprint density at radius 2 is 2.11 bits per heavy atom. The van der Waals surface area contributed by atoms with Crippen molar-refractivity contribution in [1.82, 2.24) is 5.32 Å². The first kappa shape index (κ1) is 13.5. The predicted octanol–water partition coefficient (Wildman–Crippen LogP) is 0.668. The van der Waals surface area contributed by atoms with Gasteiger partial charge in [0.05, 0.1) is 12.5 Å². The van der Waals surface area contributed by atoms with Crippen molar-refractivity contribution in [2.75, 3.05) is 6.54 Å². The average molecular weight is 263 g/mol. The van der Waals surface area contributed by atoms with Crippen molar-refractivity contribution < 1.29 is 19.8 Å². The van der Waals surface area contributed by atoms with Gasteiger partial charge in [-0.15, -0.1) is 0 Å². The summed E-state index contributed by atoms with van der Waals surface area (Å²) in [5.74, 6) is -1.79. The zero-order chi connectivity index (χ0) is 13.8. The molecule has 1 unspecified atom stereocenters. The Balaban J connectivity index is 2.03. The minimum absolute atomic E-state index is 0.215. The molecule has 0 spiro atoms. The molecule has 0 aliphatic heterocycles. The van der Waals surface area contributed by atoms with Crippen LogP contribution in [0.4, 0.5) is 0 Å². The Hall–Kier alpha value is -1.88. The number of hydrogen-bond donors (Lipinski definition) is 3. The van der Waals surface area contributed by atoms with Gasteiger partial charge in [-0.25, -0.2) is 4.79 Å². The van der Waals surface area contributed by atoms with Crippen molar-refractivity contribution in [1.29, 1.82) is 0 Å². The summed E-state index contributed by atoms with van der Waals surface area (Å²) in [6, 6.07) is 7.80. The highest BCUT2D eigenvalue weighted by Crippen LogP contribution is 2.31. The van der Waals surface area contributed by atoms with Crippen LogP contribution in [0.3, 0.4) is 0 Å². The van der Waals surface area contributed by atoms with Crippen LogP contribution in [0.2, 0.25) is 0 Å². The van der Waals surface area contributed by atoms with E-state index in [9.17, 15) is 9.59 Å². The predicted molar refractivity (Wildman–Crippen MR) is 68.8 cm³/mol. The first-order valence-corrected chi connectivity index (χ1v) is 6.36. The quantitative estimate of drug-likeness (QED) is 0.745. The summed E-state index contributed by atoms with van der Waals surface area (Å²) in [6.45, 7) is -0.257. The maximum absolute atomic E-state index is 12.1. The third-order valence-corrected chi connectivity index (χ3v) is 3.44. The number of rotatable bonds is 4. The van der Waals surface area contributed by atoms with Gasteiger partial charge >= 0.3 is 5.97 Å². The maximum Gasteiger partial charge on any atom is 0.334 e. The van der Waals surface area contributed by atoms with Crippen LogP contribution in [0, 0.1) is 0 Å². The number of carboxylic acids is 1. The van der Waals surface area contributed by atoms with Gasteiger partial charge in [0.1, 0.15) is 0 Å². The normalized spacial score (nSPS) is 19.3. The van der Waals surface area contributed by atoms with Crippen molar-refractivity contribution in [2.45, 2.75) is 31.3 Å². The Bertz CT molecular complexity index is 486. The molecule has 0 heterocycles. The molecule has 0 bridgehead atoms. The Morgan fingerprint density at radius 1 is 1.37 bits per heavy atom. The summed E-state index contributed by atoms with van der Waals surface area (Å²) in [5.41, 5.74) is 2.18. The molecule has 2 rings (SSSR count). The van der Waals surface area contributed by atoms with Crippen molar-refractivity contribution in [3.63, 3.8) is 0 Å².